The highest BCUT2D eigenvalue weighted by Crippen LogP contribution is 2.13. The van der Waals surface area contributed by atoms with Crippen LogP contribution in [0.3, 0.4) is 0 Å². The number of amides is 1. The van der Waals surface area contributed by atoms with E-state index < -0.39 is 6.10 Å². The Morgan fingerprint density at radius 1 is 1.32 bits per heavy atom. The van der Waals surface area contributed by atoms with Crippen molar-refractivity contribution in [1.29, 1.82) is 0 Å². The molecule has 1 amide bonds. The molecular weight excluding hydrogens is 392 g/mol. The maximum Gasteiger partial charge on any atom is 0.249 e. The molecule has 0 radical (unpaired) electrons. The summed E-state index contributed by atoms with van der Waals surface area (Å²) in [7, 11) is 1.61. The lowest BCUT2D eigenvalue weighted by atomic mass is 10.0. The second-order valence-corrected chi connectivity index (χ2v) is 7.70. The second-order valence-electron chi connectivity index (χ2n) is 7.70. The van der Waals surface area contributed by atoms with Crippen LogP contribution >= 0.6 is 0 Å². The minimum atomic E-state index is -0.762. The molecule has 7 heteroatoms. The SMILES string of the molecule is CCCN(CC)C(C)/C(=C\C(=NC)C(C)O)C(=O)NC/C=C\c1[nH]c(=O)cc(C)c1C. The fourth-order valence-electron chi connectivity index (χ4n) is 3.39. The molecule has 0 saturated carbocycles. The standard InChI is InChI=1S/C24H38N4O3/c1-8-13-28(9-2)18(5)20(15-22(25-7)19(6)29)24(31)26-12-10-11-21-17(4)16(3)14-23(30)27-21/h10-11,14-15,18-19,29H,8-9,12-13H2,1-7H3,(H,26,31)(H,27,30)/b11-10-,20-15+,25-22?. The molecule has 0 aliphatic rings. The van der Waals surface area contributed by atoms with Gasteiger partial charge in [0.25, 0.3) is 0 Å². The van der Waals surface area contributed by atoms with Crippen molar-refractivity contribution < 1.29 is 9.90 Å². The third-order valence-electron chi connectivity index (χ3n) is 5.43. The quantitative estimate of drug-likeness (QED) is 0.371. The molecule has 0 bridgehead atoms. The molecule has 172 valence electrons. The number of rotatable bonds is 11. The first-order valence-electron chi connectivity index (χ1n) is 10.9. The van der Waals surface area contributed by atoms with E-state index in [0.717, 1.165) is 36.3 Å². The van der Waals surface area contributed by atoms with Crippen LogP contribution in [0.4, 0.5) is 0 Å². The minimum absolute atomic E-state index is 0.125. The van der Waals surface area contributed by atoms with E-state index in [4.69, 9.17) is 0 Å². The van der Waals surface area contributed by atoms with Gasteiger partial charge in [0.05, 0.1) is 11.8 Å². The summed E-state index contributed by atoms with van der Waals surface area (Å²) in [5.74, 6) is -0.206. The lowest BCUT2D eigenvalue weighted by molar-refractivity contribution is -0.117. The zero-order chi connectivity index (χ0) is 23.6. The number of aromatic amines is 1. The number of aromatic nitrogens is 1. The molecule has 0 fully saturated rings. The second kappa shape index (κ2) is 13.0. The largest absolute Gasteiger partial charge is 0.387 e. The molecule has 1 heterocycles. The third-order valence-corrected chi connectivity index (χ3v) is 5.43. The third kappa shape index (κ3) is 7.92. The van der Waals surface area contributed by atoms with Gasteiger partial charge in [0.1, 0.15) is 0 Å². The maximum absolute atomic E-state index is 13.0. The Morgan fingerprint density at radius 3 is 2.55 bits per heavy atom. The van der Waals surface area contributed by atoms with Crippen molar-refractivity contribution in [2.45, 2.75) is 60.1 Å². The van der Waals surface area contributed by atoms with Gasteiger partial charge in [0, 0.05) is 37.0 Å². The predicted molar refractivity (Wildman–Crippen MR) is 129 cm³/mol. The van der Waals surface area contributed by atoms with Crippen molar-refractivity contribution in [2.24, 2.45) is 4.99 Å². The van der Waals surface area contributed by atoms with Crippen LogP contribution in [0.1, 0.15) is 50.9 Å². The van der Waals surface area contributed by atoms with Crippen molar-refractivity contribution in [1.82, 2.24) is 15.2 Å². The van der Waals surface area contributed by atoms with Crippen LogP contribution in [0.15, 0.2) is 33.6 Å². The van der Waals surface area contributed by atoms with Crippen LogP contribution in [0, 0.1) is 13.8 Å². The van der Waals surface area contributed by atoms with E-state index >= 15 is 0 Å². The molecule has 1 aromatic heterocycles. The summed E-state index contributed by atoms with van der Waals surface area (Å²) in [6, 6.07) is 1.44. The van der Waals surface area contributed by atoms with Gasteiger partial charge >= 0.3 is 0 Å². The zero-order valence-electron chi connectivity index (χ0n) is 20.0. The molecule has 2 atom stereocenters. The van der Waals surface area contributed by atoms with E-state index in [1.807, 2.05) is 26.8 Å². The number of aryl methyl sites for hydroxylation is 1. The zero-order valence-corrected chi connectivity index (χ0v) is 20.0. The van der Waals surface area contributed by atoms with Crippen LogP contribution in [-0.2, 0) is 4.79 Å². The molecule has 31 heavy (non-hydrogen) atoms. The lowest BCUT2D eigenvalue weighted by Crippen LogP contribution is -2.41. The Labute approximate surface area is 186 Å². The van der Waals surface area contributed by atoms with Crippen molar-refractivity contribution in [3.8, 4) is 0 Å². The number of aliphatic imine (C=N–C) groups is 1. The summed E-state index contributed by atoms with van der Waals surface area (Å²) in [5.41, 5.74) is 3.53. The highest BCUT2D eigenvalue weighted by Gasteiger charge is 2.23. The molecule has 0 saturated heterocycles. The predicted octanol–water partition coefficient (Wildman–Crippen LogP) is 2.62. The number of hydrogen-bond acceptors (Lipinski definition) is 5. The van der Waals surface area contributed by atoms with E-state index in [9.17, 15) is 14.7 Å². The molecule has 0 aromatic carbocycles. The summed E-state index contributed by atoms with van der Waals surface area (Å²) in [6.45, 7) is 13.6. The van der Waals surface area contributed by atoms with Gasteiger partial charge in [-0.1, -0.05) is 19.9 Å². The van der Waals surface area contributed by atoms with Gasteiger partial charge in [-0.15, -0.1) is 0 Å². The van der Waals surface area contributed by atoms with Crippen molar-refractivity contribution in [2.75, 3.05) is 26.7 Å². The maximum atomic E-state index is 13.0. The Kier molecular flexibility index (Phi) is 11.1. The van der Waals surface area contributed by atoms with Crippen LogP contribution in [0.5, 0.6) is 0 Å². The summed E-state index contributed by atoms with van der Waals surface area (Å²) in [5, 5.41) is 12.9. The number of pyridine rings is 1. The highest BCUT2D eigenvalue weighted by atomic mass is 16.3. The molecule has 2 unspecified atom stereocenters. The van der Waals surface area contributed by atoms with Crippen LogP contribution < -0.4 is 10.9 Å². The summed E-state index contributed by atoms with van der Waals surface area (Å²) in [6.07, 6.45) is 5.53. The first kappa shape index (κ1) is 26.5. The summed E-state index contributed by atoms with van der Waals surface area (Å²) < 4.78 is 0. The number of nitrogens with zero attached hydrogens (tertiary/aromatic N) is 2. The first-order chi connectivity index (χ1) is 14.7. The Hall–Kier alpha value is -2.51. The van der Waals surface area contributed by atoms with Crippen LogP contribution in [-0.4, -0.2) is 65.4 Å². The smallest absolute Gasteiger partial charge is 0.249 e. The first-order valence-corrected chi connectivity index (χ1v) is 10.9. The number of hydrogen-bond donors (Lipinski definition) is 3. The van der Waals surface area contributed by atoms with Crippen molar-refractivity contribution >= 4 is 17.7 Å². The number of carbonyl (C=O) groups excluding carboxylic acids is 1. The Morgan fingerprint density at radius 2 is 2.00 bits per heavy atom. The fourth-order valence-corrected chi connectivity index (χ4v) is 3.39. The average molecular weight is 431 g/mol. The molecule has 0 aliphatic heterocycles. The monoisotopic (exact) mass is 430 g/mol. The van der Waals surface area contributed by atoms with E-state index in [1.165, 1.54) is 0 Å². The number of aliphatic hydroxyl groups is 1. The summed E-state index contributed by atoms with van der Waals surface area (Å²) in [4.78, 5) is 33.9. The molecular formula is C24H38N4O3. The minimum Gasteiger partial charge on any atom is -0.387 e. The van der Waals surface area contributed by atoms with Gasteiger partial charge in [-0.05, 0) is 70.5 Å². The van der Waals surface area contributed by atoms with Gasteiger partial charge in [0.15, 0.2) is 0 Å². The summed E-state index contributed by atoms with van der Waals surface area (Å²) >= 11 is 0. The highest BCUT2D eigenvalue weighted by molar-refractivity contribution is 6.06. The Bertz CT molecular complexity index is 881. The normalized spacial score (nSPS) is 14.9. The van der Waals surface area contributed by atoms with Crippen molar-refractivity contribution in [3.63, 3.8) is 0 Å². The number of aliphatic hydroxyl groups excluding tert-OH is 1. The van der Waals surface area contributed by atoms with E-state index in [0.29, 0.717) is 17.8 Å². The lowest BCUT2D eigenvalue weighted by Gasteiger charge is -2.29. The molecule has 1 aromatic rings. The van der Waals surface area contributed by atoms with Gasteiger partial charge in [-0.25, -0.2) is 0 Å². The number of likely N-dealkylation sites (N-methyl/N-ethyl adjacent to an activating group) is 1. The molecule has 7 nitrogen and oxygen atoms in total. The number of carbonyl (C=O) groups is 1. The van der Waals surface area contributed by atoms with Crippen LogP contribution in [0.25, 0.3) is 6.08 Å². The molecule has 0 spiro atoms. The van der Waals surface area contributed by atoms with E-state index in [-0.39, 0.29) is 17.5 Å². The molecule has 3 N–H and O–H groups in total. The number of nitrogens with one attached hydrogen (secondary N) is 2. The van der Waals surface area contributed by atoms with Gasteiger partial charge in [0.2, 0.25) is 11.5 Å². The number of H-pyrrole nitrogens is 1. The molecule has 0 aliphatic carbocycles. The van der Waals surface area contributed by atoms with E-state index in [1.54, 1.807) is 32.2 Å². The van der Waals surface area contributed by atoms with E-state index in [2.05, 4.69) is 34.0 Å². The van der Waals surface area contributed by atoms with Gasteiger partial charge < -0.3 is 15.4 Å². The van der Waals surface area contributed by atoms with Gasteiger partial charge in [-0.3, -0.25) is 19.5 Å². The van der Waals surface area contributed by atoms with Crippen molar-refractivity contribution in [3.05, 3.63) is 51.0 Å². The topological polar surface area (TPSA) is 97.8 Å². The average Bonchev–Trinajstić information content (AvgIpc) is 2.72. The molecule has 1 rings (SSSR count). The fraction of sp³-hybridized carbons (Fsp3) is 0.542. The van der Waals surface area contributed by atoms with Crippen LogP contribution in [0.2, 0.25) is 0 Å². The Balaban J connectivity index is 3.05. The van der Waals surface area contributed by atoms with Gasteiger partial charge in [-0.2, -0.15) is 0 Å².